The first-order valence-electron chi connectivity index (χ1n) is 6.22. The van der Waals surface area contributed by atoms with Crippen molar-refractivity contribution in [2.45, 2.75) is 13.3 Å². The summed E-state index contributed by atoms with van der Waals surface area (Å²) in [6.45, 7) is 1.71. The van der Waals surface area contributed by atoms with E-state index in [1.807, 2.05) is 0 Å². The molecule has 1 atom stereocenters. The highest BCUT2D eigenvalue weighted by atomic mass is 16.5. The summed E-state index contributed by atoms with van der Waals surface area (Å²) in [7, 11) is 1.46. The van der Waals surface area contributed by atoms with E-state index in [9.17, 15) is 14.4 Å². The number of nitrogens with two attached hydrogens (primary N) is 1. The lowest BCUT2D eigenvalue weighted by atomic mass is 10.1. The minimum atomic E-state index is -0.479. The molecular weight excluding hydrogens is 260 g/mol. The molecule has 20 heavy (non-hydrogen) atoms. The third-order valence-corrected chi connectivity index (χ3v) is 3.40. The van der Waals surface area contributed by atoms with Crippen LogP contribution in [0.3, 0.4) is 0 Å². The molecule has 1 aromatic carbocycles. The summed E-state index contributed by atoms with van der Waals surface area (Å²) < 4.78 is 5.17. The van der Waals surface area contributed by atoms with Gasteiger partial charge < -0.3 is 15.4 Å². The van der Waals surface area contributed by atoms with Gasteiger partial charge in [0, 0.05) is 24.7 Å². The number of hydrogen-bond donors (Lipinski definition) is 1. The van der Waals surface area contributed by atoms with Crippen molar-refractivity contribution in [3.05, 3.63) is 23.8 Å². The fourth-order valence-electron chi connectivity index (χ4n) is 2.29. The molecule has 2 rings (SSSR count). The average Bonchev–Trinajstić information content (AvgIpc) is 2.80. The molecule has 1 saturated heterocycles. The van der Waals surface area contributed by atoms with Gasteiger partial charge in [-0.3, -0.25) is 14.4 Å². The molecule has 1 heterocycles. The Hall–Kier alpha value is -2.37. The first-order valence-corrected chi connectivity index (χ1v) is 6.22. The van der Waals surface area contributed by atoms with Crippen molar-refractivity contribution in [3.8, 4) is 5.75 Å². The lowest BCUT2D eigenvalue weighted by Crippen LogP contribution is -2.28. The van der Waals surface area contributed by atoms with Crippen molar-refractivity contribution in [2.24, 2.45) is 11.7 Å². The average molecular weight is 276 g/mol. The smallest absolute Gasteiger partial charge is 0.227 e. The maximum Gasteiger partial charge on any atom is 0.227 e. The van der Waals surface area contributed by atoms with Crippen molar-refractivity contribution in [1.82, 2.24) is 0 Å². The largest absolute Gasteiger partial charge is 0.496 e. The summed E-state index contributed by atoms with van der Waals surface area (Å²) in [6, 6.07) is 4.90. The number of ketones is 1. The predicted octanol–water partition coefficient (Wildman–Crippen LogP) is 0.736. The summed E-state index contributed by atoms with van der Waals surface area (Å²) in [5, 5.41) is 0. The number of rotatable bonds is 4. The van der Waals surface area contributed by atoms with Gasteiger partial charge in [0.15, 0.2) is 5.78 Å². The molecule has 1 aromatic rings. The Morgan fingerprint density at radius 1 is 1.40 bits per heavy atom. The van der Waals surface area contributed by atoms with Crippen LogP contribution in [0.15, 0.2) is 18.2 Å². The zero-order valence-corrected chi connectivity index (χ0v) is 11.4. The van der Waals surface area contributed by atoms with Gasteiger partial charge in [0.05, 0.1) is 18.6 Å². The number of anilines is 1. The van der Waals surface area contributed by atoms with Gasteiger partial charge in [0.25, 0.3) is 0 Å². The zero-order valence-electron chi connectivity index (χ0n) is 11.4. The molecule has 1 fully saturated rings. The van der Waals surface area contributed by atoms with Gasteiger partial charge in [-0.25, -0.2) is 0 Å². The summed E-state index contributed by atoms with van der Waals surface area (Å²) in [6.07, 6.45) is 0.117. The van der Waals surface area contributed by atoms with E-state index in [4.69, 9.17) is 10.5 Å². The van der Waals surface area contributed by atoms with Gasteiger partial charge >= 0.3 is 0 Å². The summed E-state index contributed by atoms with van der Waals surface area (Å²) >= 11 is 0. The molecule has 2 N–H and O–H groups in total. The Labute approximate surface area is 116 Å². The van der Waals surface area contributed by atoms with Crippen LogP contribution in [0.5, 0.6) is 5.75 Å². The first-order chi connectivity index (χ1) is 9.43. The minimum Gasteiger partial charge on any atom is -0.496 e. The SMILES string of the molecule is COc1cc(N2CC(C(N)=O)CC2=O)ccc1C(C)=O. The molecule has 0 saturated carbocycles. The highest BCUT2D eigenvalue weighted by Crippen LogP contribution is 2.30. The molecule has 0 radical (unpaired) electrons. The lowest BCUT2D eigenvalue weighted by molar-refractivity contribution is -0.123. The monoisotopic (exact) mass is 276 g/mol. The highest BCUT2D eigenvalue weighted by Gasteiger charge is 2.34. The van der Waals surface area contributed by atoms with Gasteiger partial charge in [0.2, 0.25) is 11.8 Å². The number of benzene rings is 1. The zero-order chi connectivity index (χ0) is 14.9. The Balaban J connectivity index is 2.32. The molecular formula is C14H16N2O4. The Morgan fingerprint density at radius 2 is 2.10 bits per heavy atom. The number of carbonyl (C=O) groups excluding carboxylic acids is 3. The van der Waals surface area contributed by atoms with E-state index in [1.165, 1.54) is 18.9 Å². The molecule has 6 heteroatoms. The Morgan fingerprint density at radius 3 is 2.60 bits per heavy atom. The lowest BCUT2D eigenvalue weighted by Gasteiger charge is -2.18. The van der Waals surface area contributed by atoms with Crippen molar-refractivity contribution in [1.29, 1.82) is 0 Å². The number of hydrogen-bond acceptors (Lipinski definition) is 4. The molecule has 1 aliphatic heterocycles. The summed E-state index contributed by atoms with van der Waals surface area (Å²) in [5.41, 5.74) is 6.28. The van der Waals surface area contributed by atoms with E-state index in [1.54, 1.807) is 18.2 Å². The number of methoxy groups -OCH3 is 1. The van der Waals surface area contributed by atoms with Gasteiger partial charge in [0.1, 0.15) is 5.75 Å². The second kappa shape index (κ2) is 5.32. The van der Waals surface area contributed by atoms with E-state index >= 15 is 0 Å². The van der Waals surface area contributed by atoms with Gasteiger partial charge in [-0.2, -0.15) is 0 Å². The quantitative estimate of drug-likeness (QED) is 0.821. The first kappa shape index (κ1) is 14.0. The molecule has 0 bridgehead atoms. The van der Waals surface area contributed by atoms with E-state index in [-0.39, 0.29) is 24.7 Å². The van der Waals surface area contributed by atoms with Gasteiger partial charge in [-0.15, -0.1) is 0 Å². The minimum absolute atomic E-state index is 0.115. The second-order valence-corrected chi connectivity index (χ2v) is 4.75. The van der Waals surface area contributed by atoms with Crippen LogP contribution in [0, 0.1) is 5.92 Å². The van der Waals surface area contributed by atoms with Gasteiger partial charge in [-0.1, -0.05) is 0 Å². The molecule has 106 valence electrons. The van der Waals surface area contributed by atoms with Crippen LogP contribution in [0.2, 0.25) is 0 Å². The maximum atomic E-state index is 11.9. The van der Waals surface area contributed by atoms with Crippen LogP contribution in [-0.4, -0.2) is 31.3 Å². The molecule has 1 aliphatic rings. The fraction of sp³-hybridized carbons (Fsp3) is 0.357. The Bertz CT molecular complexity index is 583. The number of Topliss-reactive ketones (excluding diaryl/α,β-unsaturated/α-hetero) is 1. The van der Waals surface area contributed by atoms with E-state index in [0.29, 0.717) is 17.0 Å². The number of amides is 2. The molecule has 0 aliphatic carbocycles. The van der Waals surface area contributed by atoms with E-state index < -0.39 is 11.8 Å². The molecule has 6 nitrogen and oxygen atoms in total. The second-order valence-electron chi connectivity index (χ2n) is 4.75. The molecule has 2 amide bonds. The molecule has 1 unspecified atom stereocenters. The van der Waals surface area contributed by atoms with Crippen LogP contribution in [0.1, 0.15) is 23.7 Å². The van der Waals surface area contributed by atoms with Crippen molar-refractivity contribution in [2.75, 3.05) is 18.6 Å². The third kappa shape index (κ3) is 2.49. The van der Waals surface area contributed by atoms with Gasteiger partial charge in [-0.05, 0) is 19.1 Å². The number of primary amides is 1. The molecule has 0 spiro atoms. The van der Waals surface area contributed by atoms with Crippen molar-refractivity contribution in [3.63, 3.8) is 0 Å². The van der Waals surface area contributed by atoms with Crippen molar-refractivity contribution >= 4 is 23.3 Å². The van der Waals surface area contributed by atoms with E-state index in [2.05, 4.69) is 0 Å². The van der Waals surface area contributed by atoms with Crippen molar-refractivity contribution < 1.29 is 19.1 Å². The van der Waals surface area contributed by atoms with Crippen LogP contribution < -0.4 is 15.4 Å². The topological polar surface area (TPSA) is 89.7 Å². The van der Waals surface area contributed by atoms with Crippen LogP contribution >= 0.6 is 0 Å². The van der Waals surface area contributed by atoms with Crippen LogP contribution in [0.25, 0.3) is 0 Å². The van der Waals surface area contributed by atoms with Crippen LogP contribution in [0.4, 0.5) is 5.69 Å². The van der Waals surface area contributed by atoms with E-state index in [0.717, 1.165) is 0 Å². The summed E-state index contributed by atoms with van der Waals surface area (Å²) in [4.78, 5) is 36.0. The summed E-state index contributed by atoms with van der Waals surface area (Å²) in [5.74, 6) is -0.818. The number of nitrogens with zero attached hydrogens (tertiary/aromatic N) is 1. The number of ether oxygens (including phenoxy) is 1. The third-order valence-electron chi connectivity index (χ3n) is 3.40. The fourth-order valence-corrected chi connectivity index (χ4v) is 2.29. The normalized spacial score (nSPS) is 18.2. The molecule has 0 aromatic heterocycles. The predicted molar refractivity (Wildman–Crippen MR) is 72.7 cm³/mol. The van der Waals surface area contributed by atoms with Crippen LogP contribution in [-0.2, 0) is 9.59 Å². The highest BCUT2D eigenvalue weighted by molar-refractivity contribution is 6.01. The Kier molecular flexibility index (Phi) is 3.74. The standard InChI is InChI=1S/C14H16N2O4/c1-8(17)11-4-3-10(6-12(11)20-2)16-7-9(14(15)19)5-13(16)18/h3-4,6,9H,5,7H2,1-2H3,(H2,15,19). The number of carbonyl (C=O) groups is 3. The maximum absolute atomic E-state index is 11.9.